The van der Waals surface area contributed by atoms with E-state index in [1.165, 1.54) is 4.31 Å². The van der Waals surface area contributed by atoms with E-state index in [9.17, 15) is 8.42 Å². The largest absolute Gasteiger partial charge is 0.398 e. The van der Waals surface area contributed by atoms with Crippen molar-refractivity contribution < 1.29 is 8.42 Å². The highest BCUT2D eigenvalue weighted by atomic mass is 79.9. The van der Waals surface area contributed by atoms with Crippen molar-refractivity contribution in [1.29, 1.82) is 0 Å². The molecule has 0 aliphatic heterocycles. The van der Waals surface area contributed by atoms with Crippen molar-refractivity contribution in [3.8, 4) is 0 Å². The smallest absolute Gasteiger partial charge is 0.246 e. The molecule has 0 saturated carbocycles. The Morgan fingerprint density at radius 1 is 1.16 bits per heavy atom. The monoisotopic (exact) mass is 412 g/mol. The molecule has 0 bridgehead atoms. The van der Waals surface area contributed by atoms with Crippen LogP contribution in [-0.2, 0) is 10.0 Å². The minimum atomic E-state index is -3.56. The second-order valence-electron chi connectivity index (χ2n) is 4.21. The highest BCUT2D eigenvalue weighted by molar-refractivity contribution is 9.11. The van der Waals surface area contributed by atoms with E-state index < -0.39 is 10.0 Å². The molecule has 0 amide bonds. The summed E-state index contributed by atoms with van der Waals surface area (Å²) in [4.78, 5) is 0.151. The Morgan fingerprint density at radius 2 is 1.68 bits per heavy atom. The van der Waals surface area contributed by atoms with Crippen molar-refractivity contribution in [1.82, 2.24) is 4.31 Å². The highest BCUT2D eigenvalue weighted by Gasteiger charge is 2.27. The number of anilines is 1. The summed E-state index contributed by atoms with van der Waals surface area (Å²) in [6.45, 7) is 4.91. The topological polar surface area (TPSA) is 63.4 Å². The molecule has 19 heavy (non-hydrogen) atoms. The van der Waals surface area contributed by atoms with Crippen LogP contribution in [0.5, 0.6) is 0 Å². The molecule has 0 fully saturated rings. The Balaban J connectivity index is 3.33. The molecule has 0 saturated heterocycles. The van der Waals surface area contributed by atoms with Crippen LogP contribution in [0.1, 0.15) is 26.7 Å². The van der Waals surface area contributed by atoms with Crippen LogP contribution in [-0.4, -0.2) is 25.8 Å². The Hall–Kier alpha value is -0.110. The van der Waals surface area contributed by atoms with Crippen LogP contribution in [0.15, 0.2) is 26.0 Å². The van der Waals surface area contributed by atoms with E-state index in [0.717, 1.165) is 17.3 Å². The summed E-state index contributed by atoms with van der Waals surface area (Å²) in [6, 6.07) is 3.30. The summed E-state index contributed by atoms with van der Waals surface area (Å²) in [7, 11) is -3.56. The number of sulfonamides is 1. The van der Waals surface area contributed by atoms with E-state index in [1.54, 1.807) is 12.1 Å². The molecule has 108 valence electrons. The first kappa shape index (κ1) is 16.9. The zero-order valence-corrected chi connectivity index (χ0v) is 15.0. The predicted octanol–water partition coefficient (Wildman–Crippen LogP) is 3.60. The first-order valence-electron chi connectivity index (χ1n) is 6.09. The standard InChI is InChI=1S/C12H18Br2N2O2S/c1-3-5-16(6-4-2)19(17,18)12-10(14)7-9(13)8-11(12)15/h7-8H,3-6,15H2,1-2H3. The Kier molecular flexibility index (Phi) is 6.29. The number of hydrogen-bond acceptors (Lipinski definition) is 3. The summed E-state index contributed by atoms with van der Waals surface area (Å²) in [5.74, 6) is 0. The van der Waals surface area contributed by atoms with Crippen molar-refractivity contribution in [2.75, 3.05) is 18.8 Å². The SMILES string of the molecule is CCCN(CCC)S(=O)(=O)c1c(N)cc(Br)cc1Br. The summed E-state index contributed by atoms with van der Waals surface area (Å²) < 4.78 is 28.0. The van der Waals surface area contributed by atoms with E-state index in [2.05, 4.69) is 31.9 Å². The van der Waals surface area contributed by atoms with Gasteiger partial charge in [0.25, 0.3) is 0 Å². The van der Waals surface area contributed by atoms with Crippen LogP contribution in [0.3, 0.4) is 0 Å². The molecule has 7 heteroatoms. The molecule has 1 aromatic rings. The molecule has 2 N–H and O–H groups in total. The molecule has 0 aliphatic carbocycles. The molecular weight excluding hydrogens is 396 g/mol. The average Bonchev–Trinajstić information content (AvgIpc) is 2.26. The van der Waals surface area contributed by atoms with Gasteiger partial charge in [-0.25, -0.2) is 8.42 Å². The van der Waals surface area contributed by atoms with E-state index >= 15 is 0 Å². The normalized spacial score (nSPS) is 12.1. The summed E-state index contributed by atoms with van der Waals surface area (Å²) in [5.41, 5.74) is 6.12. The quantitative estimate of drug-likeness (QED) is 0.724. The van der Waals surface area contributed by atoms with Crippen molar-refractivity contribution >= 4 is 47.6 Å². The fraction of sp³-hybridized carbons (Fsp3) is 0.500. The van der Waals surface area contributed by atoms with Gasteiger partial charge in [0.05, 0.1) is 5.69 Å². The van der Waals surface area contributed by atoms with E-state index in [0.29, 0.717) is 17.6 Å². The first-order valence-corrected chi connectivity index (χ1v) is 9.11. The number of hydrogen-bond donors (Lipinski definition) is 1. The molecule has 1 aromatic carbocycles. The number of benzene rings is 1. The Bertz CT molecular complexity index is 518. The lowest BCUT2D eigenvalue weighted by atomic mass is 10.3. The lowest BCUT2D eigenvalue weighted by molar-refractivity contribution is 0.410. The van der Waals surface area contributed by atoms with Crippen LogP contribution in [0.2, 0.25) is 0 Å². The van der Waals surface area contributed by atoms with Crippen molar-refractivity contribution in [3.05, 3.63) is 21.1 Å². The molecule has 0 heterocycles. The van der Waals surface area contributed by atoms with Gasteiger partial charge in [-0.05, 0) is 40.9 Å². The number of halogens is 2. The van der Waals surface area contributed by atoms with Gasteiger partial charge in [-0.2, -0.15) is 4.31 Å². The maximum absolute atomic E-state index is 12.7. The van der Waals surface area contributed by atoms with Gasteiger partial charge in [-0.3, -0.25) is 0 Å². The van der Waals surface area contributed by atoms with Gasteiger partial charge >= 0.3 is 0 Å². The van der Waals surface area contributed by atoms with Crippen LogP contribution >= 0.6 is 31.9 Å². The van der Waals surface area contributed by atoms with Crippen LogP contribution in [0.25, 0.3) is 0 Å². The van der Waals surface area contributed by atoms with Gasteiger partial charge < -0.3 is 5.73 Å². The predicted molar refractivity (Wildman–Crippen MR) is 85.6 cm³/mol. The van der Waals surface area contributed by atoms with Gasteiger partial charge in [0.2, 0.25) is 10.0 Å². The van der Waals surface area contributed by atoms with Gasteiger partial charge in [0.1, 0.15) is 4.90 Å². The Morgan fingerprint density at radius 3 is 2.11 bits per heavy atom. The number of nitrogen functional groups attached to an aromatic ring is 1. The molecule has 0 aromatic heterocycles. The Labute approximate surface area is 131 Å². The van der Waals surface area contributed by atoms with Crippen LogP contribution in [0.4, 0.5) is 5.69 Å². The third-order valence-electron chi connectivity index (χ3n) is 2.58. The lowest BCUT2D eigenvalue weighted by Gasteiger charge is -2.22. The maximum atomic E-state index is 12.7. The average molecular weight is 414 g/mol. The molecule has 0 unspecified atom stereocenters. The van der Waals surface area contributed by atoms with Gasteiger partial charge in [0, 0.05) is 22.0 Å². The van der Waals surface area contributed by atoms with E-state index in [4.69, 9.17) is 5.73 Å². The van der Waals surface area contributed by atoms with Crippen molar-refractivity contribution in [3.63, 3.8) is 0 Å². The number of nitrogens with two attached hydrogens (primary N) is 1. The second kappa shape index (κ2) is 7.06. The molecule has 0 aliphatic rings. The van der Waals surface area contributed by atoms with Crippen LogP contribution in [0, 0.1) is 0 Å². The lowest BCUT2D eigenvalue weighted by Crippen LogP contribution is -2.33. The molecule has 4 nitrogen and oxygen atoms in total. The zero-order chi connectivity index (χ0) is 14.6. The van der Waals surface area contributed by atoms with E-state index in [1.807, 2.05) is 13.8 Å². The van der Waals surface area contributed by atoms with Gasteiger partial charge in [-0.1, -0.05) is 29.8 Å². The van der Waals surface area contributed by atoms with Crippen molar-refractivity contribution in [2.45, 2.75) is 31.6 Å². The number of nitrogens with zero attached hydrogens (tertiary/aromatic N) is 1. The molecule has 0 spiro atoms. The van der Waals surface area contributed by atoms with Crippen LogP contribution < -0.4 is 5.73 Å². The summed E-state index contributed by atoms with van der Waals surface area (Å²) in [6.07, 6.45) is 1.54. The van der Waals surface area contributed by atoms with Gasteiger partial charge in [-0.15, -0.1) is 0 Å². The third kappa shape index (κ3) is 3.93. The van der Waals surface area contributed by atoms with Gasteiger partial charge in [0.15, 0.2) is 0 Å². The summed E-state index contributed by atoms with van der Waals surface area (Å²) >= 11 is 6.58. The highest BCUT2D eigenvalue weighted by Crippen LogP contribution is 2.33. The second-order valence-corrected chi connectivity index (χ2v) is 7.85. The summed E-state index contributed by atoms with van der Waals surface area (Å²) in [5, 5.41) is 0. The molecule has 1 rings (SSSR count). The maximum Gasteiger partial charge on any atom is 0.246 e. The van der Waals surface area contributed by atoms with Crippen molar-refractivity contribution in [2.24, 2.45) is 0 Å². The fourth-order valence-electron chi connectivity index (χ4n) is 1.83. The fourth-order valence-corrected chi connectivity index (χ4v) is 5.47. The third-order valence-corrected chi connectivity index (χ3v) is 5.94. The molecular formula is C12H18Br2N2O2S. The zero-order valence-electron chi connectivity index (χ0n) is 11.0. The minimum absolute atomic E-state index is 0.151. The molecule has 0 radical (unpaired) electrons. The molecule has 0 atom stereocenters. The first-order chi connectivity index (χ1) is 8.84. The minimum Gasteiger partial charge on any atom is -0.398 e. The van der Waals surface area contributed by atoms with E-state index in [-0.39, 0.29) is 10.6 Å². The number of rotatable bonds is 6.